The van der Waals surface area contributed by atoms with Crippen LogP contribution in [-0.2, 0) is 14.4 Å². The molecule has 1 rings (SSSR count). The summed E-state index contributed by atoms with van der Waals surface area (Å²) in [6.45, 7) is 0. The van der Waals surface area contributed by atoms with E-state index in [1.54, 1.807) is 12.2 Å². The van der Waals surface area contributed by atoms with Crippen molar-refractivity contribution in [3.63, 3.8) is 0 Å². The summed E-state index contributed by atoms with van der Waals surface area (Å²) < 4.78 is 4.42. The molecular weight excluding hydrogens is 146 g/mol. The van der Waals surface area contributed by atoms with E-state index in [0.29, 0.717) is 0 Å². The van der Waals surface area contributed by atoms with Crippen LogP contribution in [0.15, 0.2) is 29.6 Å². The Morgan fingerprint density at radius 3 is 3.18 bits per heavy atom. The maximum atomic E-state index is 10.8. The lowest BCUT2D eigenvalue weighted by Crippen LogP contribution is -2.12. The van der Waals surface area contributed by atoms with E-state index >= 15 is 0 Å². The monoisotopic (exact) mass is 153 g/mol. The van der Waals surface area contributed by atoms with Crippen molar-refractivity contribution in [3.8, 4) is 0 Å². The number of allylic oxidation sites excluding steroid dienone is 2. The van der Waals surface area contributed by atoms with E-state index < -0.39 is 5.97 Å². The lowest BCUT2D eigenvalue weighted by Gasteiger charge is -1.94. The van der Waals surface area contributed by atoms with Crippen LogP contribution in [0.5, 0.6) is 0 Å². The number of hydrogen-bond acceptors (Lipinski definition) is 4. The largest absolute Gasteiger partial charge is 0.464 e. The molecule has 1 aliphatic heterocycles. The zero-order chi connectivity index (χ0) is 8.10. The van der Waals surface area contributed by atoms with Crippen molar-refractivity contribution in [3.05, 3.63) is 24.5 Å². The molecule has 0 aromatic heterocycles. The number of ether oxygens (including phenoxy) is 1. The van der Waals surface area contributed by atoms with Crippen LogP contribution < -0.4 is 0 Å². The summed E-state index contributed by atoms with van der Waals surface area (Å²) in [4.78, 5) is 15.4. The van der Waals surface area contributed by atoms with Crippen LogP contribution in [0.3, 0.4) is 0 Å². The highest BCUT2D eigenvalue weighted by atomic mass is 16.6. The third kappa shape index (κ3) is 1.93. The summed E-state index contributed by atoms with van der Waals surface area (Å²) in [5.41, 5.74) is 0.150. The second-order valence-corrected chi connectivity index (χ2v) is 1.76. The van der Waals surface area contributed by atoms with Gasteiger partial charge in [0.15, 0.2) is 5.71 Å². The van der Waals surface area contributed by atoms with E-state index in [-0.39, 0.29) is 5.71 Å². The summed E-state index contributed by atoms with van der Waals surface area (Å²) in [6.07, 6.45) is 6.14. The number of rotatable bonds is 1. The molecule has 4 nitrogen and oxygen atoms in total. The first-order valence-electron chi connectivity index (χ1n) is 3.00. The zero-order valence-corrected chi connectivity index (χ0v) is 5.98. The predicted octanol–water partition coefficient (Wildman–Crippen LogP) is 0.615. The lowest BCUT2D eigenvalue weighted by atomic mass is 10.3. The number of carbonyl (C=O) groups is 1. The van der Waals surface area contributed by atoms with Gasteiger partial charge in [-0.15, -0.1) is 0 Å². The molecule has 4 heteroatoms. The second kappa shape index (κ2) is 3.55. The molecule has 1 heterocycles. The summed E-state index contributed by atoms with van der Waals surface area (Å²) in [5, 5.41) is 3.46. The van der Waals surface area contributed by atoms with Crippen LogP contribution in [0.4, 0.5) is 0 Å². The van der Waals surface area contributed by atoms with E-state index in [0.717, 1.165) is 0 Å². The van der Waals surface area contributed by atoms with Crippen molar-refractivity contribution < 1.29 is 14.4 Å². The molecule has 0 saturated heterocycles. The van der Waals surface area contributed by atoms with Crippen molar-refractivity contribution in [2.75, 3.05) is 7.11 Å². The van der Waals surface area contributed by atoms with Gasteiger partial charge in [-0.3, -0.25) is 0 Å². The standard InChI is InChI=1S/C7H7NO3/c1-10-7(9)6-4-2-3-5-11-8-6/h2-5H,1H3. The normalized spacial score (nSPS) is 14.8. The minimum absolute atomic E-state index is 0.150. The highest BCUT2D eigenvalue weighted by molar-refractivity contribution is 6.41. The fourth-order valence-electron chi connectivity index (χ4n) is 0.555. The smallest absolute Gasteiger partial charge is 0.360 e. The number of methoxy groups -OCH3 is 1. The summed E-state index contributed by atoms with van der Waals surface area (Å²) in [6, 6.07) is 0. The van der Waals surface area contributed by atoms with E-state index in [2.05, 4.69) is 14.7 Å². The van der Waals surface area contributed by atoms with Gasteiger partial charge in [0, 0.05) is 0 Å². The predicted molar refractivity (Wildman–Crippen MR) is 38.8 cm³/mol. The Labute approximate surface area is 63.8 Å². The molecule has 11 heavy (non-hydrogen) atoms. The molecule has 0 aromatic carbocycles. The Bertz CT molecular complexity index is 240. The summed E-state index contributed by atoms with van der Waals surface area (Å²) in [5.74, 6) is -0.509. The van der Waals surface area contributed by atoms with Crippen molar-refractivity contribution >= 4 is 11.7 Å². The maximum absolute atomic E-state index is 10.8. The van der Waals surface area contributed by atoms with Gasteiger partial charge in [0.05, 0.1) is 7.11 Å². The molecule has 0 amide bonds. The minimum Gasteiger partial charge on any atom is -0.464 e. The number of carbonyl (C=O) groups excluding carboxylic acids is 1. The number of hydrogen-bond donors (Lipinski definition) is 0. The van der Waals surface area contributed by atoms with E-state index in [9.17, 15) is 4.79 Å². The molecule has 0 aromatic rings. The lowest BCUT2D eigenvalue weighted by molar-refractivity contribution is -0.132. The Kier molecular flexibility index (Phi) is 2.43. The average molecular weight is 153 g/mol. The molecule has 58 valence electrons. The average Bonchev–Trinajstić information content (AvgIpc) is 2.30. The van der Waals surface area contributed by atoms with Gasteiger partial charge in [-0.2, -0.15) is 0 Å². The van der Waals surface area contributed by atoms with Crippen molar-refractivity contribution in [1.82, 2.24) is 0 Å². The Hall–Kier alpha value is -1.58. The topological polar surface area (TPSA) is 47.9 Å². The maximum Gasteiger partial charge on any atom is 0.360 e. The van der Waals surface area contributed by atoms with Crippen molar-refractivity contribution in [1.29, 1.82) is 0 Å². The van der Waals surface area contributed by atoms with Gasteiger partial charge in [0.25, 0.3) is 0 Å². The number of oxime groups is 1. The molecule has 0 atom stereocenters. The van der Waals surface area contributed by atoms with Gasteiger partial charge >= 0.3 is 5.97 Å². The number of esters is 1. The van der Waals surface area contributed by atoms with E-state index in [4.69, 9.17) is 0 Å². The second-order valence-electron chi connectivity index (χ2n) is 1.76. The fraction of sp³-hybridized carbons (Fsp3) is 0.143. The van der Waals surface area contributed by atoms with Crippen LogP contribution >= 0.6 is 0 Å². The van der Waals surface area contributed by atoms with E-state index in [1.165, 1.54) is 19.4 Å². The Balaban J connectivity index is 2.72. The summed E-state index contributed by atoms with van der Waals surface area (Å²) in [7, 11) is 1.29. The molecule has 0 unspecified atom stereocenters. The van der Waals surface area contributed by atoms with Gasteiger partial charge in [-0.25, -0.2) is 4.79 Å². The molecule has 1 aliphatic rings. The van der Waals surface area contributed by atoms with Crippen LogP contribution in [-0.4, -0.2) is 18.8 Å². The first-order valence-corrected chi connectivity index (χ1v) is 3.00. The molecule has 0 aliphatic carbocycles. The highest BCUT2D eigenvalue weighted by Crippen LogP contribution is 1.94. The Morgan fingerprint density at radius 2 is 2.45 bits per heavy atom. The molecule has 0 radical (unpaired) electrons. The van der Waals surface area contributed by atoms with Crippen LogP contribution in [0, 0.1) is 0 Å². The van der Waals surface area contributed by atoms with E-state index in [1.807, 2.05) is 0 Å². The van der Waals surface area contributed by atoms with Gasteiger partial charge in [0.2, 0.25) is 0 Å². The molecule has 0 saturated carbocycles. The SMILES string of the molecule is COC(=O)C1=NOC=CC=C1. The van der Waals surface area contributed by atoms with Gasteiger partial charge in [0.1, 0.15) is 6.26 Å². The van der Waals surface area contributed by atoms with Gasteiger partial charge in [-0.05, 0) is 12.2 Å². The number of nitrogens with zero attached hydrogens (tertiary/aromatic N) is 1. The minimum atomic E-state index is -0.509. The molecule has 0 bridgehead atoms. The molecule has 0 spiro atoms. The zero-order valence-electron chi connectivity index (χ0n) is 5.98. The first-order chi connectivity index (χ1) is 5.34. The van der Waals surface area contributed by atoms with Crippen LogP contribution in [0.2, 0.25) is 0 Å². The fourth-order valence-corrected chi connectivity index (χ4v) is 0.555. The molecule has 0 fully saturated rings. The van der Waals surface area contributed by atoms with Gasteiger partial charge in [-0.1, -0.05) is 11.2 Å². The highest BCUT2D eigenvalue weighted by Gasteiger charge is 2.08. The third-order valence-corrected chi connectivity index (χ3v) is 1.05. The third-order valence-electron chi connectivity index (χ3n) is 1.05. The first kappa shape index (κ1) is 7.53. The van der Waals surface area contributed by atoms with Crippen molar-refractivity contribution in [2.24, 2.45) is 5.16 Å². The molecular formula is C7H7NO3. The van der Waals surface area contributed by atoms with Gasteiger partial charge < -0.3 is 9.57 Å². The molecule has 0 N–H and O–H groups in total. The summed E-state index contributed by atoms with van der Waals surface area (Å²) >= 11 is 0. The van der Waals surface area contributed by atoms with Crippen LogP contribution in [0.1, 0.15) is 0 Å². The van der Waals surface area contributed by atoms with Crippen molar-refractivity contribution in [2.45, 2.75) is 0 Å². The van der Waals surface area contributed by atoms with Crippen LogP contribution in [0.25, 0.3) is 0 Å². The quantitative estimate of drug-likeness (QED) is 0.518. The Morgan fingerprint density at radius 1 is 1.64 bits per heavy atom.